The van der Waals surface area contributed by atoms with Crippen LogP contribution < -0.4 is 5.73 Å². The van der Waals surface area contributed by atoms with Crippen molar-refractivity contribution in [2.24, 2.45) is 22.6 Å². The summed E-state index contributed by atoms with van der Waals surface area (Å²) >= 11 is 5.83. The van der Waals surface area contributed by atoms with Crippen molar-refractivity contribution in [1.82, 2.24) is 9.80 Å². The van der Waals surface area contributed by atoms with Gasteiger partial charge in [-0.3, -0.25) is 9.89 Å². The van der Waals surface area contributed by atoms with E-state index >= 15 is 0 Å². The molecule has 2 N–H and O–H groups in total. The van der Waals surface area contributed by atoms with Crippen LogP contribution in [-0.4, -0.2) is 49.0 Å². The third-order valence-corrected chi connectivity index (χ3v) is 5.96. The highest BCUT2D eigenvalue weighted by Crippen LogP contribution is 2.37. The van der Waals surface area contributed by atoms with E-state index in [1.807, 2.05) is 6.07 Å². The normalized spacial score (nSPS) is 25.4. The number of nitrogens with two attached hydrogens (primary N) is 1. The van der Waals surface area contributed by atoms with Crippen molar-refractivity contribution < 1.29 is 4.39 Å². The van der Waals surface area contributed by atoms with Crippen LogP contribution >= 0.6 is 35.6 Å². The summed E-state index contributed by atoms with van der Waals surface area (Å²) in [7, 11) is 2.08. The van der Waals surface area contributed by atoms with Crippen molar-refractivity contribution in [3.05, 3.63) is 34.6 Å². The minimum Gasteiger partial charge on any atom is -0.370 e. The van der Waals surface area contributed by atoms with Gasteiger partial charge in [-0.05, 0) is 62.4 Å². The fraction of sp³-hybridized carbons (Fsp3) is 0.632. The van der Waals surface area contributed by atoms with Crippen LogP contribution in [0.15, 0.2) is 23.2 Å². The number of aliphatic imine (C=N–C) groups is 1. The lowest BCUT2D eigenvalue weighted by molar-refractivity contribution is 0.271. The molecule has 2 atom stereocenters. The van der Waals surface area contributed by atoms with Crippen molar-refractivity contribution >= 4 is 41.5 Å². The van der Waals surface area contributed by atoms with Gasteiger partial charge < -0.3 is 10.6 Å². The van der Waals surface area contributed by atoms with Gasteiger partial charge in [0.05, 0.1) is 5.02 Å². The number of likely N-dealkylation sites (tertiary alicyclic amines) is 2. The summed E-state index contributed by atoms with van der Waals surface area (Å²) in [4.78, 5) is 9.13. The number of nitrogens with zero attached hydrogens (tertiary/aromatic N) is 3. The Bertz CT molecular complexity index is 634. The third kappa shape index (κ3) is 5.01. The van der Waals surface area contributed by atoms with Gasteiger partial charge in [-0.15, -0.1) is 24.0 Å². The van der Waals surface area contributed by atoms with E-state index in [0.29, 0.717) is 18.4 Å². The van der Waals surface area contributed by atoms with E-state index in [0.717, 1.165) is 37.5 Å². The van der Waals surface area contributed by atoms with Crippen LogP contribution in [0.1, 0.15) is 37.8 Å². The van der Waals surface area contributed by atoms with E-state index < -0.39 is 0 Å². The molecule has 0 bridgehead atoms. The van der Waals surface area contributed by atoms with Gasteiger partial charge in [0.25, 0.3) is 0 Å². The second-order valence-electron chi connectivity index (χ2n) is 7.52. The second kappa shape index (κ2) is 9.55. The maximum Gasteiger partial charge on any atom is 0.191 e. The number of rotatable bonds is 3. The first kappa shape index (κ1) is 21.7. The number of halogens is 3. The fourth-order valence-corrected chi connectivity index (χ4v) is 4.11. The van der Waals surface area contributed by atoms with Crippen LogP contribution in [0.3, 0.4) is 0 Å². The molecule has 4 nitrogen and oxygen atoms in total. The average molecular weight is 495 g/mol. The molecule has 2 aliphatic heterocycles. The minimum absolute atomic E-state index is 0. The number of guanidine groups is 1. The summed E-state index contributed by atoms with van der Waals surface area (Å²) < 4.78 is 13.9. The molecule has 0 aliphatic carbocycles. The van der Waals surface area contributed by atoms with Crippen LogP contribution in [0, 0.1) is 17.7 Å². The molecule has 2 saturated heterocycles. The lowest BCUT2D eigenvalue weighted by atomic mass is 9.94. The van der Waals surface area contributed by atoms with Crippen LogP contribution in [0.4, 0.5) is 4.39 Å². The number of hydrogen-bond acceptors (Lipinski definition) is 2. The van der Waals surface area contributed by atoms with Gasteiger partial charge >= 0.3 is 0 Å². The number of benzene rings is 1. The van der Waals surface area contributed by atoms with E-state index in [9.17, 15) is 4.39 Å². The fourth-order valence-electron chi connectivity index (χ4n) is 3.99. The van der Waals surface area contributed by atoms with Gasteiger partial charge in [0, 0.05) is 25.7 Å². The summed E-state index contributed by atoms with van der Waals surface area (Å²) in [6, 6.07) is 5.28. The zero-order chi connectivity index (χ0) is 18.0. The molecule has 7 heteroatoms. The van der Waals surface area contributed by atoms with Crippen LogP contribution in [0.5, 0.6) is 0 Å². The minimum atomic E-state index is -0.358. The first-order valence-electron chi connectivity index (χ1n) is 9.15. The molecule has 0 spiro atoms. The molecule has 1 aromatic rings. The van der Waals surface area contributed by atoms with E-state index in [2.05, 4.69) is 28.8 Å². The summed E-state index contributed by atoms with van der Waals surface area (Å²) in [5.41, 5.74) is 7.18. The van der Waals surface area contributed by atoms with Gasteiger partial charge in [0.2, 0.25) is 0 Å². The predicted molar refractivity (Wildman–Crippen MR) is 117 cm³/mol. The third-order valence-electron chi connectivity index (χ3n) is 5.65. The molecular weight excluding hydrogens is 466 g/mol. The maximum absolute atomic E-state index is 13.9. The van der Waals surface area contributed by atoms with Gasteiger partial charge in [-0.2, -0.15) is 0 Å². The highest BCUT2D eigenvalue weighted by molar-refractivity contribution is 14.0. The van der Waals surface area contributed by atoms with E-state index in [1.165, 1.54) is 12.8 Å². The molecular formula is C19H29ClFIN4. The lowest BCUT2D eigenvalue weighted by Gasteiger charge is -2.31. The Morgan fingerprint density at radius 1 is 1.27 bits per heavy atom. The van der Waals surface area contributed by atoms with E-state index in [-0.39, 0.29) is 40.9 Å². The molecule has 2 heterocycles. The van der Waals surface area contributed by atoms with Crippen LogP contribution in [0.2, 0.25) is 5.02 Å². The molecule has 2 aliphatic rings. The lowest BCUT2D eigenvalue weighted by Crippen LogP contribution is -2.42. The maximum atomic E-state index is 13.9. The Labute approximate surface area is 178 Å². The Hall–Kier alpha value is -0.600. The monoisotopic (exact) mass is 494 g/mol. The van der Waals surface area contributed by atoms with Crippen LogP contribution in [-0.2, 0) is 0 Å². The molecule has 1 aromatic carbocycles. The van der Waals surface area contributed by atoms with Crippen molar-refractivity contribution in [3.63, 3.8) is 0 Å². The second-order valence-corrected chi connectivity index (χ2v) is 7.92. The Balaban J connectivity index is 0.00000243. The predicted octanol–water partition coefficient (Wildman–Crippen LogP) is 4.14. The van der Waals surface area contributed by atoms with Crippen molar-refractivity contribution in [3.8, 4) is 0 Å². The number of hydrogen-bond donors (Lipinski definition) is 1. The average Bonchev–Trinajstić information content (AvgIpc) is 2.96. The molecule has 2 unspecified atom stereocenters. The van der Waals surface area contributed by atoms with Gasteiger partial charge in [-0.25, -0.2) is 4.39 Å². The Morgan fingerprint density at radius 2 is 1.96 bits per heavy atom. The first-order valence-corrected chi connectivity index (χ1v) is 9.53. The number of piperidine rings is 1. The van der Waals surface area contributed by atoms with Crippen LogP contribution in [0.25, 0.3) is 0 Å². The topological polar surface area (TPSA) is 44.9 Å². The quantitative estimate of drug-likeness (QED) is 0.390. The largest absolute Gasteiger partial charge is 0.370 e. The van der Waals surface area contributed by atoms with Gasteiger partial charge in [-0.1, -0.05) is 24.6 Å². The molecule has 0 amide bonds. The Kier molecular flexibility index (Phi) is 7.97. The molecule has 26 heavy (non-hydrogen) atoms. The molecule has 146 valence electrons. The zero-order valence-electron chi connectivity index (χ0n) is 15.5. The van der Waals surface area contributed by atoms with Gasteiger partial charge in [0.1, 0.15) is 5.82 Å². The van der Waals surface area contributed by atoms with E-state index in [4.69, 9.17) is 17.3 Å². The van der Waals surface area contributed by atoms with Crippen molar-refractivity contribution in [2.75, 3.05) is 33.2 Å². The van der Waals surface area contributed by atoms with E-state index in [1.54, 1.807) is 12.1 Å². The highest BCUT2D eigenvalue weighted by Gasteiger charge is 2.33. The van der Waals surface area contributed by atoms with Gasteiger partial charge in [0.15, 0.2) is 5.96 Å². The van der Waals surface area contributed by atoms with Crippen molar-refractivity contribution in [2.45, 2.75) is 32.2 Å². The highest BCUT2D eigenvalue weighted by atomic mass is 127. The molecule has 0 saturated carbocycles. The molecule has 3 rings (SSSR count). The molecule has 2 fully saturated rings. The summed E-state index contributed by atoms with van der Waals surface area (Å²) in [6.45, 7) is 5.93. The molecule has 0 radical (unpaired) electrons. The SMILES string of the molecule is CC1CCN(C(N)=NCC2CCN(C)C2c2ccc(Cl)c(F)c2)CC1.I. The summed E-state index contributed by atoms with van der Waals surface area (Å²) in [5.74, 6) is 1.41. The summed E-state index contributed by atoms with van der Waals surface area (Å²) in [5, 5.41) is 0.169. The summed E-state index contributed by atoms with van der Waals surface area (Å²) in [6.07, 6.45) is 3.39. The Morgan fingerprint density at radius 3 is 2.62 bits per heavy atom. The first-order chi connectivity index (χ1) is 12.0. The molecule has 0 aromatic heterocycles. The smallest absolute Gasteiger partial charge is 0.191 e. The standard InChI is InChI=1S/C19H28ClFN4.HI/c1-13-5-9-25(10-6-13)19(22)23-12-15-7-8-24(2)18(15)14-3-4-16(20)17(21)11-14;/h3-4,11,13,15,18H,5-10,12H2,1-2H3,(H2,22,23);1H. The zero-order valence-corrected chi connectivity index (χ0v) is 18.6. The van der Waals surface area contributed by atoms with Crippen molar-refractivity contribution in [1.29, 1.82) is 0 Å².